The molecule has 4 heteroatoms. The van der Waals surface area contributed by atoms with Crippen molar-refractivity contribution in [1.29, 1.82) is 5.26 Å². The second-order valence-corrected chi connectivity index (χ2v) is 3.91. The highest BCUT2D eigenvalue weighted by atomic mass is 16.1. The zero-order valence-electron chi connectivity index (χ0n) is 10.0. The Balaban J connectivity index is 2.25. The van der Waals surface area contributed by atoms with E-state index in [-0.39, 0.29) is 11.8 Å². The first-order valence-electron chi connectivity index (χ1n) is 5.81. The fourth-order valence-corrected chi connectivity index (χ4v) is 1.45. The Bertz CT molecular complexity index is 383. The van der Waals surface area contributed by atoms with E-state index in [9.17, 15) is 4.79 Å². The third-order valence-electron chi connectivity index (χ3n) is 2.63. The van der Waals surface area contributed by atoms with Gasteiger partial charge in [-0.1, -0.05) is 6.92 Å². The first-order chi connectivity index (χ1) is 8.26. The molecule has 1 amide bonds. The van der Waals surface area contributed by atoms with Crippen LogP contribution in [0.5, 0.6) is 0 Å². The van der Waals surface area contributed by atoms with E-state index in [1.54, 1.807) is 12.4 Å². The molecule has 0 aliphatic rings. The fourth-order valence-electron chi connectivity index (χ4n) is 1.45. The lowest BCUT2D eigenvalue weighted by Gasteiger charge is -2.07. The monoisotopic (exact) mass is 231 g/mol. The van der Waals surface area contributed by atoms with Crippen LogP contribution in [0.25, 0.3) is 0 Å². The minimum Gasteiger partial charge on any atom is -0.352 e. The number of carbonyl (C=O) groups excluding carboxylic acids is 1. The van der Waals surface area contributed by atoms with Gasteiger partial charge in [0.25, 0.3) is 0 Å². The zero-order chi connectivity index (χ0) is 12.5. The molecule has 0 fully saturated rings. The first kappa shape index (κ1) is 13.2. The number of pyridine rings is 1. The van der Waals surface area contributed by atoms with Gasteiger partial charge < -0.3 is 5.32 Å². The summed E-state index contributed by atoms with van der Waals surface area (Å²) in [5.74, 6) is -0.0165. The Morgan fingerprint density at radius 2 is 2.24 bits per heavy atom. The highest BCUT2D eigenvalue weighted by Crippen LogP contribution is 2.09. The van der Waals surface area contributed by atoms with Gasteiger partial charge in [0, 0.05) is 31.3 Å². The minimum atomic E-state index is -0.0123. The van der Waals surface area contributed by atoms with Gasteiger partial charge in [-0.3, -0.25) is 9.78 Å². The normalized spacial score (nSPS) is 11.5. The van der Waals surface area contributed by atoms with Crippen LogP contribution in [0.15, 0.2) is 24.5 Å². The van der Waals surface area contributed by atoms with Crippen molar-refractivity contribution in [3.8, 4) is 6.07 Å². The zero-order valence-corrected chi connectivity index (χ0v) is 10.0. The molecule has 1 atom stereocenters. The third kappa shape index (κ3) is 5.12. The predicted molar refractivity (Wildman–Crippen MR) is 64.7 cm³/mol. The highest BCUT2D eigenvalue weighted by molar-refractivity contribution is 5.75. The van der Waals surface area contributed by atoms with E-state index in [1.165, 1.54) is 0 Å². The Morgan fingerprint density at radius 1 is 1.53 bits per heavy atom. The van der Waals surface area contributed by atoms with E-state index in [0.29, 0.717) is 19.4 Å². The van der Waals surface area contributed by atoms with Crippen LogP contribution < -0.4 is 5.32 Å². The molecule has 0 radical (unpaired) electrons. The fraction of sp³-hybridized carbons (Fsp3) is 0.462. The largest absolute Gasteiger partial charge is 0.352 e. The highest BCUT2D eigenvalue weighted by Gasteiger charge is 2.08. The lowest BCUT2D eigenvalue weighted by Crippen LogP contribution is -2.23. The van der Waals surface area contributed by atoms with Gasteiger partial charge in [0.05, 0.1) is 6.07 Å². The lowest BCUT2D eigenvalue weighted by molar-refractivity contribution is -0.121. The molecule has 1 N–H and O–H groups in total. The number of hydrogen-bond donors (Lipinski definition) is 1. The van der Waals surface area contributed by atoms with Gasteiger partial charge in [-0.15, -0.1) is 0 Å². The molecule has 17 heavy (non-hydrogen) atoms. The van der Waals surface area contributed by atoms with Crippen molar-refractivity contribution >= 4 is 5.91 Å². The van der Waals surface area contributed by atoms with Crippen molar-refractivity contribution in [2.24, 2.45) is 5.92 Å². The summed E-state index contributed by atoms with van der Waals surface area (Å²) in [7, 11) is 0. The standard InChI is InChI=1S/C13H17N3O/c1-2-11(9-14)3-4-13(17)16-10-12-5-7-15-8-6-12/h5-8,11H,2-4,10H2,1H3,(H,16,17). The molecule has 1 unspecified atom stereocenters. The molecule has 0 bridgehead atoms. The number of nitrogens with zero attached hydrogens (tertiary/aromatic N) is 2. The number of carbonyl (C=O) groups is 1. The Morgan fingerprint density at radius 3 is 2.82 bits per heavy atom. The Hall–Kier alpha value is -1.89. The molecule has 0 saturated carbocycles. The number of nitrogens with one attached hydrogen (secondary N) is 1. The summed E-state index contributed by atoms with van der Waals surface area (Å²) in [6.07, 6.45) is 5.25. The molecule has 0 saturated heterocycles. The summed E-state index contributed by atoms with van der Waals surface area (Å²) in [6.45, 7) is 2.48. The molecule has 0 aliphatic heterocycles. The maximum Gasteiger partial charge on any atom is 0.220 e. The first-order valence-corrected chi connectivity index (χ1v) is 5.81. The van der Waals surface area contributed by atoms with Crippen LogP contribution >= 0.6 is 0 Å². The molecule has 0 aliphatic carbocycles. The number of hydrogen-bond acceptors (Lipinski definition) is 3. The van der Waals surface area contributed by atoms with Crippen LogP contribution in [0.2, 0.25) is 0 Å². The molecule has 90 valence electrons. The van der Waals surface area contributed by atoms with Gasteiger partial charge in [0.15, 0.2) is 0 Å². The van der Waals surface area contributed by atoms with E-state index in [2.05, 4.69) is 16.4 Å². The number of aromatic nitrogens is 1. The van der Waals surface area contributed by atoms with Crippen molar-refractivity contribution in [2.45, 2.75) is 32.7 Å². The van der Waals surface area contributed by atoms with Crippen molar-refractivity contribution in [2.75, 3.05) is 0 Å². The molecule has 1 aromatic heterocycles. The van der Waals surface area contributed by atoms with E-state index < -0.39 is 0 Å². The average Bonchev–Trinajstić information content (AvgIpc) is 2.39. The summed E-state index contributed by atoms with van der Waals surface area (Å²) < 4.78 is 0. The van der Waals surface area contributed by atoms with Gasteiger partial charge in [0.1, 0.15) is 0 Å². The summed E-state index contributed by atoms with van der Waals surface area (Å²) in [6, 6.07) is 5.92. The Labute approximate surface area is 102 Å². The second kappa shape index (κ2) is 7.39. The van der Waals surface area contributed by atoms with Crippen molar-refractivity contribution in [3.05, 3.63) is 30.1 Å². The van der Waals surface area contributed by atoms with E-state index in [0.717, 1.165) is 12.0 Å². The van der Waals surface area contributed by atoms with Crippen molar-refractivity contribution < 1.29 is 4.79 Å². The second-order valence-electron chi connectivity index (χ2n) is 3.91. The van der Waals surface area contributed by atoms with E-state index in [1.807, 2.05) is 19.1 Å². The molecule has 4 nitrogen and oxygen atoms in total. The topological polar surface area (TPSA) is 65.8 Å². The molecule has 1 aromatic rings. The minimum absolute atomic E-state index is 0.00416. The summed E-state index contributed by atoms with van der Waals surface area (Å²) in [4.78, 5) is 15.4. The average molecular weight is 231 g/mol. The van der Waals surface area contributed by atoms with Gasteiger partial charge in [-0.2, -0.15) is 5.26 Å². The Kier molecular flexibility index (Phi) is 5.73. The number of rotatable bonds is 6. The molecule has 0 spiro atoms. The molecular formula is C13H17N3O. The van der Waals surface area contributed by atoms with Gasteiger partial charge in [0.2, 0.25) is 5.91 Å². The summed E-state index contributed by atoms with van der Waals surface area (Å²) in [5, 5.41) is 11.6. The van der Waals surface area contributed by atoms with Crippen LogP contribution in [0, 0.1) is 17.2 Å². The summed E-state index contributed by atoms with van der Waals surface area (Å²) >= 11 is 0. The van der Waals surface area contributed by atoms with Gasteiger partial charge in [-0.05, 0) is 30.5 Å². The van der Waals surface area contributed by atoms with Gasteiger partial charge >= 0.3 is 0 Å². The number of amides is 1. The van der Waals surface area contributed by atoms with Crippen LogP contribution in [-0.4, -0.2) is 10.9 Å². The number of nitriles is 1. The maximum atomic E-state index is 11.5. The third-order valence-corrected chi connectivity index (χ3v) is 2.63. The predicted octanol–water partition coefficient (Wildman–Crippen LogP) is 2.03. The van der Waals surface area contributed by atoms with E-state index in [4.69, 9.17) is 5.26 Å². The van der Waals surface area contributed by atoms with Crippen LogP contribution in [0.4, 0.5) is 0 Å². The maximum absolute atomic E-state index is 11.5. The van der Waals surface area contributed by atoms with Crippen molar-refractivity contribution in [1.82, 2.24) is 10.3 Å². The van der Waals surface area contributed by atoms with Crippen molar-refractivity contribution in [3.63, 3.8) is 0 Å². The molecule has 1 rings (SSSR count). The van der Waals surface area contributed by atoms with Gasteiger partial charge in [-0.25, -0.2) is 0 Å². The molecule has 0 aromatic carbocycles. The molecule has 1 heterocycles. The molecular weight excluding hydrogens is 214 g/mol. The smallest absolute Gasteiger partial charge is 0.220 e. The van der Waals surface area contributed by atoms with E-state index >= 15 is 0 Å². The summed E-state index contributed by atoms with van der Waals surface area (Å²) in [5.41, 5.74) is 1.03. The van der Waals surface area contributed by atoms with Crippen LogP contribution in [-0.2, 0) is 11.3 Å². The quantitative estimate of drug-likeness (QED) is 0.814. The SMILES string of the molecule is CCC(C#N)CCC(=O)NCc1ccncc1. The lowest BCUT2D eigenvalue weighted by atomic mass is 10.0. The van der Waals surface area contributed by atoms with Crippen LogP contribution in [0.1, 0.15) is 31.7 Å². The van der Waals surface area contributed by atoms with Crippen LogP contribution in [0.3, 0.4) is 0 Å².